The number of hydrogen-bond donors (Lipinski definition) is 2. The smallest absolute Gasteiger partial charge is 0.237 e. The average molecular weight is 282 g/mol. The summed E-state index contributed by atoms with van der Waals surface area (Å²) in [6.45, 7) is 3.30. The fourth-order valence-electron chi connectivity index (χ4n) is 2.17. The van der Waals surface area contributed by atoms with Crippen molar-refractivity contribution in [3.63, 3.8) is 0 Å². The monoisotopic (exact) mass is 282 g/mol. The van der Waals surface area contributed by atoms with Crippen molar-refractivity contribution in [3.8, 4) is 0 Å². The number of hydrogen-bond acceptors (Lipinski definition) is 2. The van der Waals surface area contributed by atoms with Gasteiger partial charge in [-0.15, -0.1) is 0 Å². The zero-order valence-corrected chi connectivity index (χ0v) is 12.4. The van der Waals surface area contributed by atoms with Gasteiger partial charge < -0.3 is 10.6 Å². The van der Waals surface area contributed by atoms with E-state index in [1.165, 1.54) is 5.56 Å². The molecule has 0 spiro atoms. The first-order chi connectivity index (χ1) is 10.3. The lowest BCUT2D eigenvalue weighted by atomic mass is 10.1. The second-order valence-electron chi connectivity index (χ2n) is 5.03. The Morgan fingerprint density at radius 1 is 0.905 bits per heavy atom. The van der Waals surface area contributed by atoms with Crippen LogP contribution >= 0.6 is 0 Å². The van der Waals surface area contributed by atoms with Gasteiger partial charge in [0.2, 0.25) is 5.91 Å². The van der Waals surface area contributed by atoms with E-state index in [0.717, 1.165) is 12.0 Å². The molecule has 0 aromatic heterocycles. The number of carbonyl (C=O) groups excluding carboxylic acids is 1. The van der Waals surface area contributed by atoms with Crippen LogP contribution in [0.25, 0.3) is 0 Å². The van der Waals surface area contributed by atoms with Crippen molar-refractivity contribution in [2.24, 2.45) is 0 Å². The highest BCUT2D eigenvalue weighted by atomic mass is 16.2. The lowest BCUT2D eigenvalue weighted by molar-refractivity contribution is -0.123. The van der Waals surface area contributed by atoms with E-state index >= 15 is 0 Å². The van der Waals surface area contributed by atoms with E-state index in [2.05, 4.69) is 22.8 Å². The van der Waals surface area contributed by atoms with Crippen molar-refractivity contribution < 1.29 is 4.79 Å². The molecule has 2 N–H and O–H groups in total. The molecule has 21 heavy (non-hydrogen) atoms. The number of benzene rings is 2. The normalized spacial score (nSPS) is 11.9. The van der Waals surface area contributed by atoms with E-state index in [-0.39, 0.29) is 11.9 Å². The summed E-state index contributed by atoms with van der Waals surface area (Å²) in [6.07, 6.45) is 0.771. The third-order valence-corrected chi connectivity index (χ3v) is 3.43. The van der Waals surface area contributed by atoms with E-state index in [4.69, 9.17) is 0 Å². The Kier molecular flexibility index (Phi) is 5.98. The molecule has 0 saturated heterocycles. The minimum absolute atomic E-state index is 0.0530. The number of nitrogens with one attached hydrogen (secondary N) is 2. The minimum atomic E-state index is -0.158. The third kappa shape index (κ3) is 5.04. The van der Waals surface area contributed by atoms with Crippen LogP contribution in [0.2, 0.25) is 0 Å². The maximum atomic E-state index is 12.2. The molecule has 0 fully saturated rings. The van der Waals surface area contributed by atoms with E-state index < -0.39 is 0 Å². The SMILES string of the molecule is CCC(NCc1ccccc1)C(=O)NCc1ccccc1. The van der Waals surface area contributed by atoms with Crippen LogP contribution < -0.4 is 10.6 Å². The second kappa shape index (κ2) is 8.22. The summed E-state index contributed by atoms with van der Waals surface area (Å²) in [5.74, 6) is 0.0530. The van der Waals surface area contributed by atoms with Gasteiger partial charge >= 0.3 is 0 Å². The Hall–Kier alpha value is -2.13. The summed E-state index contributed by atoms with van der Waals surface area (Å²) in [4.78, 5) is 12.2. The van der Waals surface area contributed by atoms with Crippen molar-refractivity contribution in [1.82, 2.24) is 10.6 Å². The second-order valence-corrected chi connectivity index (χ2v) is 5.03. The Morgan fingerprint density at radius 3 is 1.95 bits per heavy atom. The van der Waals surface area contributed by atoms with Gasteiger partial charge in [-0.2, -0.15) is 0 Å². The molecular weight excluding hydrogens is 260 g/mol. The van der Waals surface area contributed by atoms with Crippen LogP contribution in [-0.2, 0) is 17.9 Å². The molecule has 0 saturated carbocycles. The lowest BCUT2D eigenvalue weighted by Gasteiger charge is -2.17. The molecule has 2 aromatic rings. The zero-order chi connectivity index (χ0) is 14.9. The van der Waals surface area contributed by atoms with E-state index in [0.29, 0.717) is 13.1 Å². The van der Waals surface area contributed by atoms with Crippen LogP contribution in [0.15, 0.2) is 60.7 Å². The van der Waals surface area contributed by atoms with Crippen molar-refractivity contribution in [3.05, 3.63) is 71.8 Å². The Bertz CT molecular complexity index is 540. The molecule has 110 valence electrons. The largest absolute Gasteiger partial charge is 0.351 e. The summed E-state index contributed by atoms with van der Waals surface area (Å²) < 4.78 is 0. The highest BCUT2D eigenvalue weighted by molar-refractivity contribution is 5.81. The molecule has 0 aliphatic rings. The maximum absolute atomic E-state index is 12.2. The van der Waals surface area contributed by atoms with Gasteiger partial charge in [0.05, 0.1) is 6.04 Å². The first-order valence-electron chi connectivity index (χ1n) is 7.38. The molecule has 0 aliphatic carbocycles. The van der Waals surface area contributed by atoms with Crippen LogP contribution in [0.4, 0.5) is 0 Å². The first kappa shape index (κ1) is 15.3. The van der Waals surface area contributed by atoms with Gasteiger partial charge in [-0.05, 0) is 17.5 Å². The molecule has 2 rings (SSSR count). The summed E-state index contributed by atoms with van der Waals surface area (Å²) >= 11 is 0. The highest BCUT2D eigenvalue weighted by Gasteiger charge is 2.15. The minimum Gasteiger partial charge on any atom is -0.351 e. The molecule has 2 aromatic carbocycles. The van der Waals surface area contributed by atoms with Crippen LogP contribution in [0.5, 0.6) is 0 Å². The van der Waals surface area contributed by atoms with E-state index in [9.17, 15) is 4.79 Å². The molecule has 3 nitrogen and oxygen atoms in total. The molecule has 1 amide bonds. The quantitative estimate of drug-likeness (QED) is 0.820. The Morgan fingerprint density at radius 2 is 1.43 bits per heavy atom. The highest BCUT2D eigenvalue weighted by Crippen LogP contribution is 2.01. The zero-order valence-electron chi connectivity index (χ0n) is 12.4. The molecule has 0 radical (unpaired) electrons. The van der Waals surface area contributed by atoms with Gasteiger partial charge in [-0.1, -0.05) is 67.6 Å². The van der Waals surface area contributed by atoms with E-state index in [1.54, 1.807) is 0 Å². The van der Waals surface area contributed by atoms with Gasteiger partial charge in [-0.25, -0.2) is 0 Å². The summed E-state index contributed by atoms with van der Waals surface area (Å²) in [5.41, 5.74) is 2.30. The average Bonchev–Trinajstić information content (AvgIpc) is 2.55. The van der Waals surface area contributed by atoms with E-state index in [1.807, 2.05) is 55.5 Å². The molecule has 1 unspecified atom stereocenters. The number of rotatable bonds is 7. The third-order valence-electron chi connectivity index (χ3n) is 3.43. The van der Waals surface area contributed by atoms with Gasteiger partial charge in [-0.3, -0.25) is 4.79 Å². The maximum Gasteiger partial charge on any atom is 0.237 e. The van der Waals surface area contributed by atoms with Crippen LogP contribution in [0.3, 0.4) is 0 Å². The number of amides is 1. The topological polar surface area (TPSA) is 41.1 Å². The van der Waals surface area contributed by atoms with Gasteiger partial charge in [0.1, 0.15) is 0 Å². The molecule has 0 heterocycles. The van der Waals surface area contributed by atoms with Gasteiger partial charge in [0, 0.05) is 13.1 Å². The summed E-state index contributed by atoms with van der Waals surface area (Å²) in [6, 6.07) is 19.9. The lowest BCUT2D eigenvalue weighted by Crippen LogP contribution is -2.43. The van der Waals surface area contributed by atoms with Crippen molar-refractivity contribution in [2.75, 3.05) is 0 Å². The van der Waals surface area contributed by atoms with Crippen molar-refractivity contribution in [1.29, 1.82) is 0 Å². The van der Waals surface area contributed by atoms with Crippen molar-refractivity contribution in [2.45, 2.75) is 32.5 Å². The Balaban J connectivity index is 1.81. The van der Waals surface area contributed by atoms with Crippen LogP contribution in [0, 0.1) is 0 Å². The van der Waals surface area contributed by atoms with Gasteiger partial charge in [0.15, 0.2) is 0 Å². The van der Waals surface area contributed by atoms with Crippen LogP contribution in [-0.4, -0.2) is 11.9 Å². The standard InChI is InChI=1S/C18H22N2O/c1-2-17(19-13-15-9-5-3-6-10-15)18(21)20-14-16-11-7-4-8-12-16/h3-12,17,19H,2,13-14H2,1H3,(H,20,21). The number of carbonyl (C=O) groups is 1. The van der Waals surface area contributed by atoms with Gasteiger partial charge in [0.25, 0.3) is 0 Å². The predicted octanol–water partition coefficient (Wildman–Crippen LogP) is 2.87. The summed E-state index contributed by atoms with van der Waals surface area (Å²) in [5, 5.41) is 6.29. The molecule has 0 bridgehead atoms. The van der Waals surface area contributed by atoms with Crippen molar-refractivity contribution >= 4 is 5.91 Å². The summed E-state index contributed by atoms with van der Waals surface area (Å²) in [7, 11) is 0. The molecular formula is C18H22N2O. The molecule has 3 heteroatoms. The fourth-order valence-corrected chi connectivity index (χ4v) is 2.17. The predicted molar refractivity (Wildman–Crippen MR) is 85.6 cm³/mol. The van der Waals surface area contributed by atoms with Crippen LogP contribution in [0.1, 0.15) is 24.5 Å². The molecule has 1 atom stereocenters. The Labute approximate surface area is 126 Å². The molecule has 0 aliphatic heterocycles. The first-order valence-corrected chi connectivity index (χ1v) is 7.38. The fraction of sp³-hybridized carbons (Fsp3) is 0.278.